The first kappa shape index (κ1) is 22.4. The van der Waals surface area contributed by atoms with E-state index in [9.17, 15) is 24.0 Å². The van der Waals surface area contributed by atoms with Crippen LogP contribution in [0.5, 0.6) is 0 Å². The Morgan fingerprint density at radius 3 is 1.88 bits per heavy atom. The third kappa shape index (κ3) is 8.68. The molecule has 0 aromatic heterocycles. The Morgan fingerprint density at radius 1 is 0.880 bits per heavy atom. The second-order valence-electron chi connectivity index (χ2n) is 5.62. The Bertz CT molecular complexity index is 522. The highest BCUT2D eigenvalue weighted by molar-refractivity contribution is 5.95. The van der Waals surface area contributed by atoms with E-state index in [0.29, 0.717) is 12.8 Å². The van der Waals surface area contributed by atoms with Gasteiger partial charge in [-0.15, -0.1) is 0 Å². The molecule has 0 fully saturated rings. The molecule has 10 nitrogen and oxygen atoms in total. The maximum absolute atomic E-state index is 12.1. The van der Waals surface area contributed by atoms with Crippen LogP contribution in [0.3, 0.4) is 0 Å². The van der Waals surface area contributed by atoms with Crippen molar-refractivity contribution in [3.8, 4) is 0 Å². The number of nitrogens with one attached hydrogen (secondary N) is 4. The maximum Gasteiger partial charge on any atom is 0.242 e. The zero-order chi connectivity index (χ0) is 19.6. The number of nitrogens with two attached hydrogens (primary N) is 1. The molecule has 0 aliphatic carbocycles. The van der Waals surface area contributed by atoms with Gasteiger partial charge in [-0.2, -0.15) is 0 Å². The van der Waals surface area contributed by atoms with Crippen molar-refractivity contribution in [2.45, 2.75) is 58.2 Å². The summed E-state index contributed by atoms with van der Waals surface area (Å²) in [6.45, 7) is 4.75. The predicted molar refractivity (Wildman–Crippen MR) is 89.9 cm³/mol. The molecule has 0 aliphatic heterocycles. The van der Waals surface area contributed by atoms with Gasteiger partial charge in [0.1, 0.15) is 18.1 Å². The van der Waals surface area contributed by atoms with E-state index in [1.54, 1.807) is 0 Å². The minimum absolute atomic E-state index is 0.261. The SMILES string of the molecule is CCCC(=O)N[C@@H](C)C(=O)N[C@H](C)C(=O)N[C@H](CC(N)=O)C(=O)NC. The van der Waals surface area contributed by atoms with Crippen molar-refractivity contribution in [1.29, 1.82) is 0 Å². The molecule has 0 aliphatic rings. The van der Waals surface area contributed by atoms with Gasteiger partial charge in [0.25, 0.3) is 0 Å². The summed E-state index contributed by atoms with van der Waals surface area (Å²) in [6.07, 6.45) is 0.587. The molecular weight excluding hydrogens is 330 g/mol. The molecule has 0 radical (unpaired) electrons. The van der Waals surface area contributed by atoms with E-state index in [1.807, 2.05) is 6.92 Å². The molecule has 142 valence electrons. The number of primary amides is 1. The van der Waals surface area contributed by atoms with E-state index in [4.69, 9.17) is 5.73 Å². The lowest BCUT2D eigenvalue weighted by atomic mass is 10.1. The van der Waals surface area contributed by atoms with Crippen LogP contribution in [-0.4, -0.2) is 54.7 Å². The van der Waals surface area contributed by atoms with Crippen molar-refractivity contribution in [3.05, 3.63) is 0 Å². The normalized spacial score (nSPS) is 13.8. The van der Waals surface area contributed by atoms with Gasteiger partial charge in [0, 0.05) is 13.5 Å². The van der Waals surface area contributed by atoms with E-state index in [2.05, 4.69) is 21.3 Å². The molecule has 3 atom stereocenters. The van der Waals surface area contributed by atoms with Crippen molar-refractivity contribution >= 4 is 29.5 Å². The molecule has 0 saturated carbocycles. The van der Waals surface area contributed by atoms with Gasteiger partial charge in [0.15, 0.2) is 0 Å². The molecule has 0 aromatic rings. The number of amides is 5. The van der Waals surface area contributed by atoms with E-state index in [1.165, 1.54) is 20.9 Å². The average molecular weight is 357 g/mol. The average Bonchev–Trinajstić information content (AvgIpc) is 2.52. The summed E-state index contributed by atoms with van der Waals surface area (Å²) in [6, 6.07) is -2.91. The highest BCUT2D eigenvalue weighted by atomic mass is 16.2. The first-order chi connectivity index (χ1) is 11.6. The summed E-state index contributed by atoms with van der Waals surface area (Å²) >= 11 is 0. The minimum atomic E-state index is -1.13. The van der Waals surface area contributed by atoms with E-state index in [-0.39, 0.29) is 12.3 Å². The van der Waals surface area contributed by atoms with Gasteiger partial charge in [0.2, 0.25) is 29.5 Å². The van der Waals surface area contributed by atoms with Crippen LogP contribution in [0.4, 0.5) is 0 Å². The summed E-state index contributed by atoms with van der Waals surface area (Å²) in [7, 11) is 1.36. The molecule has 0 bridgehead atoms. The summed E-state index contributed by atoms with van der Waals surface area (Å²) in [5, 5.41) is 9.60. The molecule has 0 rings (SSSR count). The van der Waals surface area contributed by atoms with Crippen molar-refractivity contribution in [3.63, 3.8) is 0 Å². The fourth-order valence-electron chi connectivity index (χ4n) is 1.89. The van der Waals surface area contributed by atoms with Gasteiger partial charge < -0.3 is 27.0 Å². The Labute approximate surface area is 146 Å². The Morgan fingerprint density at radius 2 is 1.40 bits per heavy atom. The van der Waals surface area contributed by atoms with Crippen LogP contribution in [0.1, 0.15) is 40.0 Å². The van der Waals surface area contributed by atoms with Crippen LogP contribution in [-0.2, 0) is 24.0 Å². The highest BCUT2D eigenvalue weighted by Gasteiger charge is 2.26. The van der Waals surface area contributed by atoms with Crippen molar-refractivity contribution < 1.29 is 24.0 Å². The van der Waals surface area contributed by atoms with E-state index in [0.717, 1.165) is 0 Å². The zero-order valence-electron chi connectivity index (χ0n) is 15.0. The van der Waals surface area contributed by atoms with Gasteiger partial charge in [-0.05, 0) is 20.3 Å². The van der Waals surface area contributed by atoms with E-state index < -0.39 is 41.8 Å². The van der Waals surface area contributed by atoms with Gasteiger partial charge in [-0.1, -0.05) is 6.92 Å². The standard InChI is InChI=1S/C15H27N5O5/c1-5-6-12(22)18-8(2)13(23)19-9(3)14(24)20-10(7-11(16)21)15(25)17-4/h8-10H,5-7H2,1-4H3,(H2,16,21)(H,17,25)(H,18,22)(H,19,23)(H,20,24)/t8-,9+,10+/m0/s1. The lowest BCUT2D eigenvalue weighted by Crippen LogP contribution is -2.55. The van der Waals surface area contributed by atoms with Gasteiger partial charge >= 0.3 is 0 Å². The monoisotopic (exact) mass is 357 g/mol. The van der Waals surface area contributed by atoms with Crippen LogP contribution in [0.15, 0.2) is 0 Å². The fourth-order valence-corrected chi connectivity index (χ4v) is 1.89. The fraction of sp³-hybridized carbons (Fsp3) is 0.667. The van der Waals surface area contributed by atoms with Gasteiger partial charge in [-0.25, -0.2) is 0 Å². The molecule has 25 heavy (non-hydrogen) atoms. The van der Waals surface area contributed by atoms with Crippen molar-refractivity contribution in [1.82, 2.24) is 21.3 Å². The van der Waals surface area contributed by atoms with Gasteiger partial charge in [0.05, 0.1) is 6.42 Å². The Kier molecular flexibility index (Phi) is 9.83. The summed E-state index contributed by atoms with van der Waals surface area (Å²) in [5.74, 6) is -2.79. The molecule has 0 heterocycles. The number of carbonyl (C=O) groups excluding carboxylic acids is 5. The quantitative estimate of drug-likeness (QED) is 0.302. The molecule has 6 N–H and O–H groups in total. The lowest BCUT2D eigenvalue weighted by Gasteiger charge is -2.21. The molecule has 0 saturated heterocycles. The van der Waals surface area contributed by atoms with Gasteiger partial charge in [-0.3, -0.25) is 24.0 Å². The molecule has 5 amide bonds. The number of carbonyl (C=O) groups is 5. The molecule has 0 unspecified atom stereocenters. The molecule has 10 heteroatoms. The number of hydrogen-bond acceptors (Lipinski definition) is 5. The van der Waals surface area contributed by atoms with Crippen LogP contribution < -0.4 is 27.0 Å². The van der Waals surface area contributed by atoms with Crippen molar-refractivity contribution in [2.75, 3.05) is 7.05 Å². The highest BCUT2D eigenvalue weighted by Crippen LogP contribution is 1.95. The summed E-state index contributed by atoms with van der Waals surface area (Å²) in [4.78, 5) is 58.2. The lowest BCUT2D eigenvalue weighted by molar-refractivity contribution is -0.134. The van der Waals surface area contributed by atoms with Crippen molar-refractivity contribution in [2.24, 2.45) is 5.73 Å². The van der Waals surface area contributed by atoms with Crippen LogP contribution in [0.2, 0.25) is 0 Å². The molecule has 0 spiro atoms. The van der Waals surface area contributed by atoms with Crippen LogP contribution in [0.25, 0.3) is 0 Å². The minimum Gasteiger partial charge on any atom is -0.370 e. The second kappa shape index (κ2) is 11.0. The third-order valence-electron chi connectivity index (χ3n) is 3.28. The van der Waals surface area contributed by atoms with Crippen LogP contribution >= 0.6 is 0 Å². The Hall–Kier alpha value is -2.65. The smallest absolute Gasteiger partial charge is 0.242 e. The zero-order valence-corrected chi connectivity index (χ0v) is 15.0. The number of hydrogen-bond donors (Lipinski definition) is 5. The topological polar surface area (TPSA) is 159 Å². The largest absolute Gasteiger partial charge is 0.370 e. The van der Waals surface area contributed by atoms with E-state index >= 15 is 0 Å². The second-order valence-corrected chi connectivity index (χ2v) is 5.62. The predicted octanol–water partition coefficient (Wildman–Crippen LogP) is -2.10. The maximum atomic E-state index is 12.1. The molecular formula is C15H27N5O5. The van der Waals surface area contributed by atoms with Crippen LogP contribution in [0, 0.1) is 0 Å². The molecule has 0 aromatic carbocycles. The first-order valence-electron chi connectivity index (χ1n) is 8.02. The summed E-state index contributed by atoms with van der Waals surface area (Å²) < 4.78 is 0. The number of likely N-dealkylation sites (N-methyl/N-ethyl adjacent to an activating group) is 1. The number of rotatable bonds is 10. The first-order valence-corrected chi connectivity index (χ1v) is 8.02. The Balaban J connectivity index is 4.65. The summed E-state index contributed by atoms with van der Waals surface area (Å²) in [5.41, 5.74) is 5.05. The third-order valence-corrected chi connectivity index (χ3v) is 3.28.